The molecule has 34 heavy (non-hydrogen) atoms. The monoisotopic (exact) mass is 474 g/mol. The first-order valence-electron chi connectivity index (χ1n) is 13.8. The molecular weight excluding hydrogens is 427 g/mol. The summed E-state index contributed by atoms with van der Waals surface area (Å²) in [6.45, 7) is 10.3. The van der Waals surface area contributed by atoms with Crippen molar-refractivity contribution in [1.82, 2.24) is 10.4 Å². The van der Waals surface area contributed by atoms with Crippen molar-refractivity contribution in [2.45, 2.75) is 97.4 Å². The maximum atomic E-state index is 14.2. The molecule has 5 nitrogen and oxygen atoms in total. The summed E-state index contributed by atoms with van der Waals surface area (Å²) in [6.07, 6.45) is 14.2. The lowest BCUT2D eigenvalue weighted by Crippen LogP contribution is -2.66. The van der Waals surface area contributed by atoms with E-state index in [9.17, 15) is 9.28 Å². The van der Waals surface area contributed by atoms with Gasteiger partial charge in [-0.25, -0.2) is 0 Å². The molecule has 1 amide bonds. The molecule has 0 aromatic rings. The smallest absolute Gasteiger partial charge is 0.271 e. The fraction of sp³-hybridized carbons (Fsp3) is 0.857. The number of carbonyl (C=O) groups is 1. The number of hydrogen-bond acceptors (Lipinski definition) is 4. The Balaban J connectivity index is 1.43. The van der Waals surface area contributed by atoms with E-state index in [0.29, 0.717) is 29.4 Å². The molecular formula is C28H47FN4O. The van der Waals surface area contributed by atoms with Gasteiger partial charge in [0.25, 0.3) is 5.91 Å². The molecule has 0 aromatic heterocycles. The Kier molecular flexibility index (Phi) is 7.59. The first kappa shape index (κ1) is 25.8. The van der Waals surface area contributed by atoms with Crippen LogP contribution in [0, 0.1) is 28.6 Å². The molecule has 6 unspecified atom stereocenters. The van der Waals surface area contributed by atoms with Gasteiger partial charge in [-0.05, 0) is 100 Å². The number of allylic oxidation sites excluding steroid dienone is 2. The molecule has 3 saturated carbocycles. The Morgan fingerprint density at radius 1 is 1.21 bits per heavy atom. The van der Waals surface area contributed by atoms with Crippen LogP contribution in [0.2, 0.25) is 0 Å². The van der Waals surface area contributed by atoms with E-state index in [1.54, 1.807) is 5.57 Å². The van der Waals surface area contributed by atoms with Crippen molar-refractivity contribution in [3.05, 3.63) is 11.6 Å². The van der Waals surface area contributed by atoms with Crippen molar-refractivity contribution in [3.8, 4) is 0 Å². The predicted octanol–water partition coefficient (Wildman–Crippen LogP) is 5.21. The molecule has 3 fully saturated rings. The third-order valence-corrected chi connectivity index (χ3v) is 10.4. The second-order valence-corrected chi connectivity index (χ2v) is 12.1. The van der Waals surface area contributed by atoms with Crippen LogP contribution in [0.4, 0.5) is 4.48 Å². The molecule has 0 bridgehead atoms. The largest absolute Gasteiger partial charge is 0.325 e. The number of hydrogen-bond donors (Lipinski definition) is 2. The number of nitrogens with two attached hydrogens (primary N) is 1. The fourth-order valence-corrected chi connectivity index (χ4v) is 8.64. The van der Waals surface area contributed by atoms with Gasteiger partial charge in [0.1, 0.15) is 6.54 Å². The normalized spacial score (nSPS) is 39.6. The van der Waals surface area contributed by atoms with Gasteiger partial charge in [-0.15, -0.1) is 0 Å². The highest BCUT2D eigenvalue weighted by molar-refractivity contribution is 5.88. The highest BCUT2D eigenvalue weighted by atomic mass is 19.2. The Labute approximate surface area is 206 Å². The van der Waals surface area contributed by atoms with Gasteiger partial charge >= 0.3 is 0 Å². The standard InChI is InChI=1S/C28H47FN4O/c1-5-16-31-17-18-33(29)25(34)19-32-20(2)22-9-10-23-27(22,4)14-12-24-26(3)13-7-6-8-21(26)11-15-28(23,24)30/h8,22-24,31H,5-7,9-19,30H2,1-4H3. The zero-order chi connectivity index (χ0) is 24.6. The van der Waals surface area contributed by atoms with E-state index < -0.39 is 5.91 Å². The Bertz CT molecular complexity index is 827. The van der Waals surface area contributed by atoms with E-state index in [1.807, 2.05) is 0 Å². The summed E-state index contributed by atoms with van der Waals surface area (Å²) >= 11 is 0. The molecule has 3 N–H and O–H groups in total. The quantitative estimate of drug-likeness (QED) is 0.220. The molecule has 6 heteroatoms. The summed E-state index contributed by atoms with van der Waals surface area (Å²) in [4.78, 5) is 16.9. The van der Waals surface area contributed by atoms with E-state index >= 15 is 0 Å². The second kappa shape index (κ2) is 10.0. The van der Waals surface area contributed by atoms with Crippen LogP contribution < -0.4 is 11.1 Å². The Morgan fingerprint density at radius 2 is 2.00 bits per heavy atom. The van der Waals surface area contributed by atoms with E-state index in [2.05, 4.69) is 44.1 Å². The number of nitrogens with zero attached hydrogens (tertiary/aromatic N) is 2. The van der Waals surface area contributed by atoms with Gasteiger partial charge in [0.15, 0.2) is 0 Å². The van der Waals surface area contributed by atoms with E-state index in [0.717, 1.165) is 44.4 Å². The lowest BCUT2D eigenvalue weighted by atomic mass is 9.44. The second-order valence-electron chi connectivity index (χ2n) is 12.1. The molecule has 0 aromatic carbocycles. The Hall–Kier alpha value is -1.27. The van der Waals surface area contributed by atoms with Crippen molar-refractivity contribution in [1.29, 1.82) is 0 Å². The molecule has 192 valence electrons. The van der Waals surface area contributed by atoms with Gasteiger partial charge in [-0.1, -0.05) is 36.9 Å². The molecule has 4 aliphatic rings. The summed E-state index contributed by atoms with van der Waals surface area (Å²) < 4.78 is 14.2. The van der Waals surface area contributed by atoms with Gasteiger partial charge < -0.3 is 11.1 Å². The van der Waals surface area contributed by atoms with Crippen LogP contribution in [-0.4, -0.2) is 48.5 Å². The maximum absolute atomic E-state index is 14.2. The van der Waals surface area contributed by atoms with Crippen molar-refractivity contribution in [2.24, 2.45) is 39.3 Å². The highest BCUT2D eigenvalue weighted by Gasteiger charge is 2.64. The van der Waals surface area contributed by atoms with Crippen molar-refractivity contribution >= 4 is 11.6 Å². The number of amides is 1. The van der Waals surface area contributed by atoms with Crippen LogP contribution in [0.5, 0.6) is 0 Å². The molecule has 0 aliphatic heterocycles. The van der Waals surface area contributed by atoms with Crippen LogP contribution in [-0.2, 0) is 4.79 Å². The molecule has 0 spiro atoms. The van der Waals surface area contributed by atoms with Gasteiger partial charge in [0, 0.05) is 23.7 Å². The topological polar surface area (TPSA) is 70.7 Å². The number of halogens is 1. The number of fused-ring (bicyclic) bond motifs is 5. The summed E-state index contributed by atoms with van der Waals surface area (Å²) in [5.74, 6) is 0.847. The number of rotatable bonds is 8. The Morgan fingerprint density at radius 3 is 2.76 bits per heavy atom. The first-order chi connectivity index (χ1) is 16.2. The average molecular weight is 475 g/mol. The van der Waals surface area contributed by atoms with Gasteiger partial charge in [-0.2, -0.15) is 5.12 Å². The van der Waals surface area contributed by atoms with Crippen LogP contribution in [0.1, 0.15) is 91.9 Å². The van der Waals surface area contributed by atoms with Crippen LogP contribution in [0.25, 0.3) is 0 Å². The predicted molar refractivity (Wildman–Crippen MR) is 137 cm³/mol. The van der Waals surface area contributed by atoms with Crippen molar-refractivity contribution < 1.29 is 9.28 Å². The lowest BCUT2D eigenvalue weighted by molar-refractivity contribution is -0.144. The molecule has 0 heterocycles. The summed E-state index contributed by atoms with van der Waals surface area (Å²) in [7, 11) is 0. The number of carbonyl (C=O) groups excluding carboxylic acids is 1. The van der Waals surface area contributed by atoms with Crippen LogP contribution in [0.3, 0.4) is 0 Å². The zero-order valence-corrected chi connectivity index (χ0v) is 22.0. The number of nitrogens with one attached hydrogen (secondary N) is 1. The minimum Gasteiger partial charge on any atom is -0.325 e. The summed E-state index contributed by atoms with van der Waals surface area (Å²) in [5, 5.41) is 3.44. The molecule has 0 saturated heterocycles. The third-order valence-electron chi connectivity index (χ3n) is 10.4. The minimum atomic E-state index is -0.548. The van der Waals surface area contributed by atoms with Gasteiger partial charge in [0.2, 0.25) is 0 Å². The fourth-order valence-electron chi connectivity index (χ4n) is 8.64. The molecule has 4 aliphatic carbocycles. The van der Waals surface area contributed by atoms with Crippen molar-refractivity contribution in [2.75, 3.05) is 26.2 Å². The van der Waals surface area contributed by atoms with Gasteiger partial charge in [-0.3, -0.25) is 9.79 Å². The third kappa shape index (κ3) is 4.38. The minimum absolute atomic E-state index is 0.0723. The molecule has 6 atom stereocenters. The zero-order valence-electron chi connectivity index (χ0n) is 22.0. The molecule has 0 radical (unpaired) electrons. The van der Waals surface area contributed by atoms with Gasteiger partial charge in [0.05, 0.1) is 6.54 Å². The van der Waals surface area contributed by atoms with E-state index in [4.69, 9.17) is 5.73 Å². The lowest BCUT2D eigenvalue weighted by Gasteiger charge is -2.63. The average Bonchev–Trinajstić information content (AvgIpc) is 3.17. The maximum Gasteiger partial charge on any atom is 0.271 e. The summed E-state index contributed by atoms with van der Waals surface area (Å²) in [6, 6.07) is 0. The summed E-state index contributed by atoms with van der Waals surface area (Å²) in [5.41, 5.74) is 10.4. The first-order valence-corrected chi connectivity index (χ1v) is 13.8. The van der Waals surface area contributed by atoms with Crippen LogP contribution in [0.15, 0.2) is 16.6 Å². The number of aliphatic imine (C=N–C) groups is 1. The SMILES string of the molecule is CCCNCCN(F)C(=O)CN=C(C)C1CCC2C1(C)CCC1C3(C)CCCC=C3CCC12N. The van der Waals surface area contributed by atoms with E-state index in [-0.39, 0.29) is 29.5 Å². The van der Waals surface area contributed by atoms with E-state index in [1.165, 1.54) is 32.1 Å². The van der Waals surface area contributed by atoms with Crippen molar-refractivity contribution in [3.63, 3.8) is 0 Å². The highest BCUT2D eigenvalue weighted by Crippen LogP contribution is 2.67. The molecule has 4 rings (SSSR count). The van der Waals surface area contributed by atoms with Crippen LogP contribution >= 0.6 is 0 Å².